The monoisotopic (exact) mass is 162 g/mol. The molecule has 1 heterocycles. The molecule has 11 heavy (non-hydrogen) atoms. The Morgan fingerprint density at radius 1 is 1.64 bits per heavy atom. The van der Waals surface area contributed by atoms with Crippen LogP contribution >= 0.6 is 0 Å². The van der Waals surface area contributed by atoms with E-state index in [1.54, 1.807) is 0 Å². The minimum atomic E-state index is -0.833. The van der Waals surface area contributed by atoms with Gasteiger partial charge in [0.05, 0.1) is 12.2 Å². The maximum Gasteiger partial charge on any atom is 0.300 e. The molecule has 0 aromatic rings. The van der Waals surface area contributed by atoms with Crippen molar-refractivity contribution in [1.29, 1.82) is 0 Å². The quantitative estimate of drug-likeness (QED) is 0.542. The molecule has 66 valence electrons. The van der Waals surface area contributed by atoms with Crippen molar-refractivity contribution >= 4 is 5.97 Å². The molecular weight excluding hydrogens is 148 g/mol. The van der Waals surface area contributed by atoms with Crippen molar-refractivity contribution in [3.05, 3.63) is 0 Å². The maximum atomic E-state index is 9.00. The van der Waals surface area contributed by atoms with Crippen LogP contribution in [0.3, 0.4) is 0 Å². The van der Waals surface area contributed by atoms with Gasteiger partial charge >= 0.3 is 0 Å². The van der Waals surface area contributed by atoms with Gasteiger partial charge in [-0.25, -0.2) is 0 Å². The molecule has 1 unspecified atom stereocenters. The number of epoxide rings is 1. The van der Waals surface area contributed by atoms with Gasteiger partial charge in [0.25, 0.3) is 5.97 Å². The Bertz CT molecular complexity index is 137. The SMILES string of the molecule is CC(=O)O.CC1(C)OC1CO. The topological polar surface area (TPSA) is 70.1 Å². The van der Waals surface area contributed by atoms with E-state index in [0.717, 1.165) is 6.92 Å². The molecule has 0 aromatic heterocycles. The second-order valence-corrected chi connectivity index (χ2v) is 2.91. The fraction of sp³-hybridized carbons (Fsp3) is 0.857. The summed E-state index contributed by atoms with van der Waals surface area (Å²) in [6.45, 7) is 5.18. The lowest BCUT2D eigenvalue weighted by Crippen LogP contribution is -2.05. The number of aliphatic hydroxyl groups is 1. The van der Waals surface area contributed by atoms with E-state index in [9.17, 15) is 0 Å². The fourth-order valence-electron chi connectivity index (χ4n) is 0.590. The standard InChI is InChI=1S/C5H10O2.C2H4O2/c1-5(2)4(3-6)7-5;1-2(3)4/h4,6H,3H2,1-2H3;1H3,(H,3,4). The van der Waals surface area contributed by atoms with Gasteiger partial charge in [-0.1, -0.05) is 0 Å². The average molecular weight is 162 g/mol. The van der Waals surface area contributed by atoms with E-state index in [2.05, 4.69) is 0 Å². The third-order valence-electron chi connectivity index (χ3n) is 1.33. The normalized spacial score (nSPS) is 24.9. The lowest BCUT2D eigenvalue weighted by atomic mass is 10.1. The lowest BCUT2D eigenvalue weighted by Gasteiger charge is -1.87. The van der Waals surface area contributed by atoms with Gasteiger partial charge in [0.1, 0.15) is 6.10 Å². The van der Waals surface area contributed by atoms with Gasteiger partial charge in [0.15, 0.2) is 0 Å². The van der Waals surface area contributed by atoms with Crippen molar-refractivity contribution in [2.45, 2.75) is 32.5 Å². The Morgan fingerprint density at radius 2 is 1.91 bits per heavy atom. The molecule has 0 radical (unpaired) electrons. The van der Waals surface area contributed by atoms with Crippen LogP contribution in [0.1, 0.15) is 20.8 Å². The van der Waals surface area contributed by atoms with Crippen LogP contribution in [0.2, 0.25) is 0 Å². The number of ether oxygens (including phenoxy) is 1. The summed E-state index contributed by atoms with van der Waals surface area (Å²) in [7, 11) is 0. The minimum absolute atomic E-state index is 0.0330. The van der Waals surface area contributed by atoms with Gasteiger partial charge in [-0.3, -0.25) is 4.79 Å². The Balaban J connectivity index is 0.000000218. The summed E-state index contributed by atoms with van der Waals surface area (Å²) in [6, 6.07) is 0. The molecule has 4 heteroatoms. The molecule has 0 aromatic carbocycles. The Kier molecular flexibility index (Phi) is 3.48. The number of hydrogen-bond donors (Lipinski definition) is 2. The van der Waals surface area contributed by atoms with E-state index in [1.807, 2.05) is 13.8 Å². The number of carboxylic acids is 1. The number of carboxylic acid groups (broad SMARTS) is 1. The molecule has 0 amide bonds. The first-order valence-electron chi connectivity index (χ1n) is 3.38. The summed E-state index contributed by atoms with van der Waals surface area (Å²) in [5.74, 6) is -0.833. The van der Waals surface area contributed by atoms with Crippen LogP contribution in [0.25, 0.3) is 0 Å². The molecular formula is C7H14O4. The van der Waals surface area contributed by atoms with Gasteiger partial charge in [-0.15, -0.1) is 0 Å². The maximum absolute atomic E-state index is 9.00. The molecule has 1 atom stereocenters. The van der Waals surface area contributed by atoms with Crippen molar-refractivity contribution in [1.82, 2.24) is 0 Å². The molecule has 2 N–H and O–H groups in total. The molecule has 1 aliphatic rings. The highest BCUT2D eigenvalue weighted by atomic mass is 16.6. The van der Waals surface area contributed by atoms with Gasteiger partial charge in [0, 0.05) is 6.92 Å². The van der Waals surface area contributed by atoms with E-state index >= 15 is 0 Å². The van der Waals surface area contributed by atoms with E-state index in [1.165, 1.54) is 0 Å². The third kappa shape index (κ3) is 4.75. The summed E-state index contributed by atoms with van der Waals surface area (Å²) in [6.07, 6.45) is 0.104. The van der Waals surface area contributed by atoms with E-state index in [4.69, 9.17) is 19.7 Å². The molecule has 0 aliphatic carbocycles. The van der Waals surface area contributed by atoms with Crippen molar-refractivity contribution in [2.75, 3.05) is 6.61 Å². The first kappa shape index (κ1) is 10.4. The zero-order valence-electron chi connectivity index (χ0n) is 7.00. The highest BCUT2D eigenvalue weighted by Crippen LogP contribution is 2.34. The summed E-state index contributed by atoms with van der Waals surface area (Å²) >= 11 is 0. The number of aliphatic hydroxyl groups excluding tert-OH is 1. The third-order valence-corrected chi connectivity index (χ3v) is 1.33. The second-order valence-electron chi connectivity index (χ2n) is 2.91. The van der Waals surface area contributed by atoms with Crippen LogP contribution in [0.5, 0.6) is 0 Å². The van der Waals surface area contributed by atoms with Gasteiger partial charge in [-0.05, 0) is 13.8 Å². The van der Waals surface area contributed by atoms with Crippen LogP contribution in [0, 0.1) is 0 Å². The largest absolute Gasteiger partial charge is 0.481 e. The average Bonchev–Trinajstić information content (AvgIpc) is 2.38. The molecule has 0 spiro atoms. The van der Waals surface area contributed by atoms with Crippen molar-refractivity contribution in [3.8, 4) is 0 Å². The molecule has 0 bridgehead atoms. The zero-order valence-corrected chi connectivity index (χ0v) is 7.00. The Labute approximate surface area is 65.8 Å². The first-order chi connectivity index (χ1) is 4.90. The summed E-state index contributed by atoms with van der Waals surface area (Å²) in [5.41, 5.74) is -0.0330. The van der Waals surface area contributed by atoms with E-state index < -0.39 is 5.97 Å². The van der Waals surface area contributed by atoms with Crippen LogP contribution in [0.4, 0.5) is 0 Å². The molecule has 1 aliphatic heterocycles. The van der Waals surface area contributed by atoms with Crippen LogP contribution in [-0.2, 0) is 9.53 Å². The molecule has 1 rings (SSSR count). The van der Waals surface area contributed by atoms with Crippen LogP contribution in [-0.4, -0.2) is 34.5 Å². The molecule has 4 nitrogen and oxygen atoms in total. The summed E-state index contributed by atoms with van der Waals surface area (Å²) < 4.78 is 5.00. The smallest absolute Gasteiger partial charge is 0.300 e. The van der Waals surface area contributed by atoms with Crippen molar-refractivity contribution in [3.63, 3.8) is 0 Å². The number of carbonyl (C=O) groups is 1. The molecule has 0 saturated carbocycles. The lowest BCUT2D eigenvalue weighted by molar-refractivity contribution is -0.134. The van der Waals surface area contributed by atoms with E-state index in [0.29, 0.717) is 0 Å². The van der Waals surface area contributed by atoms with Gasteiger partial charge in [0.2, 0.25) is 0 Å². The zero-order chi connectivity index (χ0) is 9.07. The highest BCUT2D eigenvalue weighted by Gasteiger charge is 2.46. The minimum Gasteiger partial charge on any atom is -0.481 e. The summed E-state index contributed by atoms with van der Waals surface area (Å²) in [4.78, 5) is 9.00. The Hall–Kier alpha value is -0.610. The van der Waals surface area contributed by atoms with Crippen molar-refractivity contribution in [2.24, 2.45) is 0 Å². The second kappa shape index (κ2) is 3.69. The van der Waals surface area contributed by atoms with Crippen molar-refractivity contribution < 1.29 is 19.7 Å². The fourth-order valence-corrected chi connectivity index (χ4v) is 0.590. The summed E-state index contributed by atoms with van der Waals surface area (Å²) in [5, 5.41) is 15.8. The van der Waals surface area contributed by atoms with Gasteiger partial charge in [-0.2, -0.15) is 0 Å². The van der Waals surface area contributed by atoms with Crippen LogP contribution < -0.4 is 0 Å². The molecule has 1 saturated heterocycles. The Morgan fingerprint density at radius 3 is 1.91 bits per heavy atom. The van der Waals surface area contributed by atoms with Crippen LogP contribution in [0.15, 0.2) is 0 Å². The number of hydrogen-bond acceptors (Lipinski definition) is 3. The number of aliphatic carboxylic acids is 1. The number of rotatable bonds is 1. The van der Waals surface area contributed by atoms with Gasteiger partial charge < -0.3 is 14.9 Å². The highest BCUT2D eigenvalue weighted by molar-refractivity contribution is 5.62. The predicted octanol–water partition coefficient (Wildman–Crippen LogP) is 0.247. The van der Waals surface area contributed by atoms with E-state index in [-0.39, 0.29) is 18.3 Å². The first-order valence-corrected chi connectivity index (χ1v) is 3.38. The predicted molar refractivity (Wildman–Crippen MR) is 39.3 cm³/mol. The molecule has 1 fully saturated rings.